The number of aromatic nitrogens is 2. The molecule has 0 bridgehead atoms. The van der Waals surface area contributed by atoms with E-state index in [2.05, 4.69) is 13.5 Å². The molecule has 0 saturated carbocycles. The van der Waals surface area contributed by atoms with Crippen LogP contribution in [0.5, 0.6) is 0 Å². The second kappa shape index (κ2) is 7.60. The molecule has 2 heterocycles. The lowest BCUT2D eigenvalue weighted by Gasteiger charge is -2.17. The summed E-state index contributed by atoms with van der Waals surface area (Å²) in [7, 11) is 0. The maximum absolute atomic E-state index is 13.9. The van der Waals surface area contributed by atoms with Gasteiger partial charge in [0, 0.05) is 17.2 Å². The van der Waals surface area contributed by atoms with Gasteiger partial charge in [0.1, 0.15) is 10.6 Å². The summed E-state index contributed by atoms with van der Waals surface area (Å²) < 4.78 is 15.6. The zero-order chi connectivity index (χ0) is 19.0. The van der Waals surface area contributed by atoms with Crippen LogP contribution in [0.25, 0.3) is 10.2 Å². The summed E-state index contributed by atoms with van der Waals surface area (Å²) in [5, 5.41) is 1.40. The molecule has 6 heteroatoms. The molecule has 0 aliphatic heterocycles. The molecule has 1 atom stereocenters. The summed E-state index contributed by atoms with van der Waals surface area (Å²) in [5.41, 5.74) is 1.80. The second-order valence-electron chi connectivity index (χ2n) is 7.01. The number of hydrogen-bond donors (Lipinski definition) is 0. The highest BCUT2D eigenvalue weighted by Crippen LogP contribution is 2.36. The van der Waals surface area contributed by atoms with E-state index in [9.17, 15) is 9.18 Å². The molecule has 1 aliphatic carbocycles. The van der Waals surface area contributed by atoms with Crippen molar-refractivity contribution in [2.24, 2.45) is 5.92 Å². The average molecular weight is 401 g/mol. The lowest BCUT2D eigenvalue weighted by molar-refractivity contribution is 0.509. The van der Waals surface area contributed by atoms with Gasteiger partial charge in [-0.25, -0.2) is 9.37 Å². The van der Waals surface area contributed by atoms with Crippen LogP contribution in [-0.2, 0) is 25.1 Å². The van der Waals surface area contributed by atoms with Crippen molar-refractivity contribution in [1.82, 2.24) is 9.55 Å². The van der Waals surface area contributed by atoms with E-state index >= 15 is 0 Å². The van der Waals surface area contributed by atoms with Crippen molar-refractivity contribution in [2.45, 2.75) is 43.6 Å². The van der Waals surface area contributed by atoms with Gasteiger partial charge in [0.05, 0.1) is 5.39 Å². The van der Waals surface area contributed by atoms with Gasteiger partial charge in [-0.1, -0.05) is 43.0 Å². The highest BCUT2D eigenvalue weighted by atomic mass is 32.2. The molecule has 4 rings (SSSR count). The standard InChI is InChI=1S/C21H21FN2OS2/c1-3-10-24-20(25)18-15-9-8-13(2)11-17(15)27-19(18)23-21(24)26-12-14-6-4-5-7-16(14)22/h3-7,13H,1,8-12H2,2H3/t13-/m0/s1. The van der Waals surface area contributed by atoms with Gasteiger partial charge in [0.25, 0.3) is 5.56 Å². The van der Waals surface area contributed by atoms with E-state index in [1.165, 1.54) is 28.3 Å². The van der Waals surface area contributed by atoms with E-state index in [0.717, 1.165) is 29.5 Å². The molecule has 27 heavy (non-hydrogen) atoms. The lowest BCUT2D eigenvalue weighted by Crippen LogP contribution is -2.23. The number of hydrogen-bond acceptors (Lipinski definition) is 4. The van der Waals surface area contributed by atoms with Crippen LogP contribution in [0.1, 0.15) is 29.3 Å². The van der Waals surface area contributed by atoms with Crippen molar-refractivity contribution in [3.63, 3.8) is 0 Å². The van der Waals surface area contributed by atoms with Crippen molar-refractivity contribution in [3.05, 3.63) is 69.1 Å². The predicted molar refractivity (Wildman–Crippen MR) is 111 cm³/mol. The van der Waals surface area contributed by atoms with E-state index in [1.807, 2.05) is 6.07 Å². The summed E-state index contributed by atoms with van der Waals surface area (Å²) in [5.74, 6) is 0.851. The molecule has 0 unspecified atom stereocenters. The normalized spacial score (nSPS) is 16.4. The molecule has 0 radical (unpaired) electrons. The largest absolute Gasteiger partial charge is 0.283 e. The Morgan fingerprint density at radius 1 is 1.44 bits per heavy atom. The minimum Gasteiger partial charge on any atom is -0.283 e. The molecule has 0 N–H and O–H groups in total. The van der Waals surface area contributed by atoms with Crippen LogP contribution in [0.4, 0.5) is 4.39 Å². The number of fused-ring (bicyclic) bond motifs is 3. The third kappa shape index (κ3) is 3.48. The fourth-order valence-electron chi connectivity index (χ4n) is 3.56. The van der Waals surface area contributed by atoms with Crippen molar-refractivity contribution in [3.8, 4) is 0 Å². The Balaban J connectivity index is 1.78. The predicted octanol–water partition coefficient (Wildman–Crippen LogP) is 5.20. The van der Waals surface area contributed by atoms with Gasteiger partial charge in [-0.3, -0.25) is 9.36 Å². The summed E-state index contributed by atoms with van der Waals surface area (Å²) in [4.78, 5) is 20.1. The van der Waals surface area contributed by atoms with Gasteiger partial charge in [-0.05, 0) is 42.4 Å². The van der Waals surface area contributed by atoms with Gasteiger partial charge >= 0.3 is 0 Å². The SMILES string of the molecule is C=CCn1c(SCc2ccccc2F)nc2sc3c(c2c1=O)CC[C@H](C)C3. The highest BCUT2D eigenvalue weighted by molar-refractivity contribution is 7.98. The van der Waals surface area contributed by atoms with E-state index in [1.54, 1.807) is 34.1 Å². The summed E-state index contributed by atoms with van der Waals surface area (Å²) >= 11 is 3.05. The Labute approximate surface area is 165 Å². The molecule has 0 fully saturated rings. The Kier molecular flexibility index (Phi) is 5.19. The molecule has 0 spiro atoms. The van der Waals surface area contributed by atoms with E-state index < -0.39 is 0 Å². The lowest BCUT2D eigenvalue weighted by atomic mass is 9.89. The van der Waals surface area contributed by atoms with Crippen LogP contribution < -0.4 is 5.56 Å². The van der Waals surface area contributed by atoms with E-state index in [-0.39, 0.29) is 11.4 Å². The van der Waals surface area contributed by atoms with Gasteiger partial charge in [-0.15, -0.1) is 17.9 Å². The van der Waals surface area contributed by atoms with Gasteiger partial charge in [0.2, 0.25) is 0 Å². The fraction of sp³-hybridized carbons (Fsp3) is 0.333. The van der Waals surface area contributed by atoms with Crippen LogP contribution in [0.2, 0.25) is 0 Å². The number of rotatable bonds is 5. The van der Waals surface area contributed by atoms with Crippen LogP contribution >= 0.6 is 23.1 Å². The Bertz CT molecular complexity index is 1070. The number of benzene rings is 1. The number of thioether (sulfide) groups is 1. The molecule has 3 nitrogen and oxygen atoms in total. The Hall–Kier alpha value is -1.92. The topological polar surface area (TPSA) is 34.9 Å². The van der Waals surface area contributed by atoms with E-state index in [4.69, 9.17) is 4.98 Å². The summed E-state index contributed by atoms with van der Waals surface area (Å²) in [6, 6.07) is 6.72. The Morgan fingerprint density at radius 3 is 3.04 bits per heavy atom. The van der Waals surface area contributed by atoms with Crippen molar-refractivity contribution in [2.75, 3.05) is 0 Å². The molecule has 2 aromatic heterocycles. The third-order valence-electron chi connectivity index (χ3n) is 5.01. The monoisotopic (exact) mass is 400 g/mol. The molecule has 0 amide bonds. The summed E-state index contributed by atoms with van der Waals surface area (Å²) in [6.45, 7) is 6.44. The fourth-order valence-corrected chi connectivity index (χ4v) is 5.98. The number of nitrogens with zero attached hydrogens (tertiary/aromatic N) is 2. The summed E-state index contributed by atoms with van der Waals surface area (Å²) in [6.07, 6.45) is 4.80. The Morgan fingerprint density at radius 2 is 2.26 bits per heavy atom. The number of aryl methyl sites for hydroxylation is 1. The number of halogens is 1. The first-order valence-electron chi connectivity index (χ1n) is 9.10. The van der Waals surface area contributed by atoms with Crippen LogP contribution in [-0.4, -0.2) is 9.55 Å². The van der Waals surface area contributed by atoms with Crippen molar-refractivity contribution < 1.29 is 4.39 Å². The van der Waals surface area contributed by atoms with Crippen molar-refractivity contribution >= 4 is 33.3 Å². The van der Waals surface area contributed by atoms with Gasteiger partial charge in [-0.2, -0.15) is 0 Å². The quantitative estimate of drug-likeness (QED) is 0.335. The maximum atomic E-state index is 13.9. The van der Waals surface area contributed by atoms with E-state index in [0.29, 0.717) is 28.9 Å². The molecule has 1 aromatic carbocycles. The first-order chi connectivity index (χ1) is 13.1. The molecule has 3 aromatic rings. The molecule has 0 saturated heterocycles. The maximum Gasteiger partial charge on any atom is 0.263 e. The van der Waals surface area contributed by atoms with Crippen molar-refractivity contribution in [1.29, 1.82) is 0 Å². The molecule has 1 aliphatic rings. The molecular weight excluding hydrogens is 379 g/mol. The minimum absolute atomic E-state index is 0.00277. The minimum atomic E-state index is -0.232. The smallest absolute Gasteiger partial charge is 0.263 e. The highest BCUT2D eigenvalue weighted by Gasteiger charge is 2.24. The zero-order valence-corrected chi connectivity index (χ0v) is 16.8. The second-order valence-corrected chi connectivity index (χ2v) is 9.04. The van der Waals surface area contributed by atoms with Gasteiger partial charge < -0.3 is 0 Å². The van der Waals surface area contributed by atoms with Crippen LogP contribution in [0, 0.1) is 11.7 Å². The zero-order valence-electron chi connectivity index (χ0n) is 15.2. The average Bonchev–Trinajstić information content (AvgIpc) is 3.01. The first-order valence-corrected chi connectivity index (χ1v) is 10.9. The molecular formula is C21H21FN2OS2. The number of allylic oxidation sites excluding steroid dienone is 1. The number of thiophene rings is 1. The van der Waals surface area contributed by atoms with Crippen LogP contribution in [0.15, 0.2) is 46.9 Å². The third-order valence-corrected chi connectivity index (χ3v) is 7.18. The molecule has 140 valence electrons. The van der Waals surface area contributed by atoms with Gasteiger partial charge in [0.15, 0.2) is 5.16 Å². The first kappa shape index (κ1) is 18.4. The van der Waals surface area contributed by atoms with Crippen LogP contribution in [0.3, 0.4) is 0 Å².